The van der Waals surface area contributed by atoms with Gasteiger partial charge in [-0.25, -0.2) is 0 Å². The van der Waals surface area contributed by atoms with Crippen molar-refractivity contribution in [3.63, 3.8) is 0 Å². The Labute approximate surface area is 106 Å². The molecule has 1 aromatic heterocycles. The lowest BCUT2D eigenvalue weighted by Gasteiger charge is -2.06. The van der Waals surface area contributed by atoms with Crippen LogP contribution in [-0.2, 0) is 20.9 Å². The van der Waals surface area contributed by atoms with Crippen LogP contribution in [0.4, 0.5) is 0 Å². The Kier molecular flexibility index (Phi) is 6.42. The van der Waals surface area contributed by atoms with Gasteiger partial charge in [0, 0.05) is 32.6 Å². The highest BCUT2D eigenvalue weighted by molar-refractivity contribution is 5.96. The van der Waals surface area contributed by atoms with Crippen LogP contribution in [-0.4, -0.2) is 37.1 Å². The van der Waals surface area contributed by atoms with E-state index in [-0.39, 0.29) is 18.2 Å². The third-order valence-corrected chi connectivity index (χ3v) is 2.19. The highest BCUT2D eigenvalue weighted by Crippen LogP contribution is 1.95. The number of methoxy groups -OCH3 is 1. The summed E-state index contributed by atoms with van der Waals surface area (Å²) in [7, 11) is 1.55. The summed E-state index contributed by atoms with van der Waals surface area (Å²) in [6, 6.07) is 3.61. The van der Waals surface area contributed by atoms with Gasteiger partial charge in [-0.05, 0) is 17.7 Å². The van der Waals surface area contributed by atoms with Crippen molar-refractivity contribution in [2.24, 2.45) is 0 Å². The highest BCUT2D eigenvalue weighted by atomic mass is 16.5. The van der Waals surface area contributed by atoms with Gasteiger partial charge < -0.3 is 15.4 Å². The minimum Gasteiger partial charge on any atom is -0.383 e. The second-order valence-electron chi connectivity index (χ2n) is 3.65. The standard InChI is InChI=1S/C12H17N3O3/c1-18-7-6-14-11(16)8-12(17)15-9-10-2-4-13-5-3-10/h2-5H,6-9H2,1H3,(H,14,16)(H,15,17). The molecule has 1 aromatic rings. The zero-order valence-electron chi connectivity index (χ0n) is 10.3. The second kappa shape index (κ2) is 8.19. The first-order valence-electron chi connectivity index (χ1n) is 5.63. The fraction of sp³-hybridized carbons (Fsp3) is 0.417. The number of rotatable bonds is 7. The molecule has 0 aliphatic heterocycles. The molecule has 0 saturated heterocycles. The number of amides is 2. The second-order valence-corrected chi connectivity index (χ2v) is 3.65. The van der Waals surface area contributed by atoms with Gasteiger partial charge in [0.15, 0.2) is 0 Å². The van der Waals surface area contributed by atoms with Crippen molar-refractivity contribution in [3.05, 3.63) is 30.1 Å². The van der Waals surface area contributed by atoms with E-state index in [1.807, 2.05) is 0 Å². The number of aromatic nitrogens is 1. The summed E-state index contributed by atoms with van der Waals surface area (Å²) in [5.41, 5.74) is 0.943. The highest BCUT2D eigenvalue weighted by Gasteiger charge is 2.08. The van der Waals surface area contributed by atoms with Crippen molar-refractivity contribution in [1.82, 2.24) is 15.6 Å². The van der Waals surface area contributed by atoms with Crippen LogP contribution in [0.2, 0.25) is 0 Å². The van der Waals surface area contributed by atoms with Gasteiger partial charge in [-0.1, -0.05) is 0 Å². The molecule has 0 atom stereocenters. The Morgan fingerprint density at radius 1 is 1.22 bits per heavy atom. The van der Waals surface area contributed by atoms with Crippen molar-refractivity contribution >= 4 is 11.8 Å². The van der Waals surface area contributed by atoms with Crippen LogP contribution < -0.4 is 10.6 Å². The molecule has 2 N–H and O–H groups in total. The van der Waals surface area contributed by atoms with Crippen LogP contribution in [0.5, 0.6) is 0 Å². The van der Waals surface area contributed by atoms with Gasteiger partial charge in [0.1, 0.15) is 6.42 Å². The summed E-state index contributed by atoms with van der Waals surface area (Å²) in [6.45, 7) is 1.24. The number of carbonyl (C=O) groups excluding carboxylic acids is 2. The lowest BCUT2D eigenvalue weighted by atomic mass is 10.2. The average molecular weight is 251 g/mol. The Morgan fingerprint density at radius 3 is 2.56 bits per heavy atom. The van der Waals surface area contributed by atoms with Gasteiger partial charge in [-0.3, -0.25) is 14.6 Å². The first-order valence-corrected chi connectivity index (χ1v) is 5.63. The Bertz CT molecular complexity index is 381. The SMILES string of the molecule is COCCNC(=O)CC(=O)NCc1ccncc1. The molecule has 1 rings (SSSR count). The van der Waals surface area contributed by atoms with E-state index in [9.17, 15) is 9.59 Å². The van der Waals surface area contributed by atoms with Crippen molar-refractivity contribution < 1.29 is 14.3 Å². The predicted molar refractivity (Wildman–Crippen MR) is 65.6 cm³/mol. The molecule has 0 aliphatic rings. The maximum atomic E-state index is 11.4. The maximum absolute atomic E-state index is 11.4. The van der Waals surface area contributed by atoms with E-state index in [1.54, 1.807) is 31.6 Å². The molecule has 18 heavy (non-hydrogen) atoms. The molecule has 0 aromatic carbocycles. The summed E-state index contributed by atoms with van der Waals surface area (Å²) in [5, 5.41) is 5.24. The number of hydrogen-bond donors (Lipinski definition) is 2. The summed E-state index contributed by atoms with van der Waals surface area (Å²) in [4.78, 5) is 26.6. The van der Waals surface area contributed by atoms with E-state index in [1.165, 1.54) is 0 Å². The van der Waals surface area contributed by atoms with Crippen LogP contribution in [0.15, 0.2) is 24.5 Å². The van der Waals surface area contributed by atoms with Crippen molar-refractivity contribution in [2.45, 2.75) is 13.0 Å². The number of carbonyl (C=O) groups is 2. The number of hydrogen-bond acceptors (Lipinski definition) is 4. The summed E-state index contributed by atoms with van der Waals surface area (Å²) in [6.07, 6.45) is 3.13. The fourth-order valence-electron chi connectivity index (χ4n) is 1.26. The number of nitrogens with one attached hydrogen (secondary N) is 2. The largest absolute Gasteiger partial charge is 0.383 e. The molecular formula is C12H17N3O3. The van der Waals surface area contributed by atoms with Crippen molar-refractivity contribution in [3.8, 4) is 0 Å². The normalized spacial score (nSPS) is 9.83. The molecule has 0 unspecified atom stereocenters. The predicted octanol–water partition coefficient (Wildman–Crippen LogP) is -0.149. The molecule has 1 heterocycles. The molecule has 0 bridgehead atoms. The van der Waals surface area contributed by atoms with Crippen molar-refractivity contribution in [1.29, 1.82) is 0 Å². The van der Waals surface area contributed by atoms with E-state index in [0.717, 1.165) is 5.56 Å². The molecule has 2 amide bonds. The first kappa shape index (κ1) is 14.1. The Balaban J connectivity index is 2.19. The van der Waals surface area contributed by atoms with Crippen LogP contribution in [0.3, 0.4) is 0 Å². The van der Waals surface area contributed by atoms with Crippen LogP contribution in [0.1, 0.15) is 12.0 Å². The number of pyridine rings is 1. The third kappa shape index (κ3) is 5.95. The summed E-state index contributed by atoms with van der Waals surface area (Å²) in [5.74, 6) is -0.610. The van der Waals surface area contributed by atoms with Gasteiger partial charge in [0.2, 0.25) is 11.8 Å². The molecule has 0 radical (unpaired) electrons. The van der Waals surface area contributed by atoms with Gasteiger partial charge in [-0.2, -0.15) is 0 Å². The first-order chi connectivity index (χ1) is 8.72. The van der Waals surface area contributed by atoms with Gasteiger partial charge in [0.25, 0.3) is 0 Å². The fourth-order valence-corrected chi connectivity index (χ4v) is 1.26. The molecule has 6 heteroatoms. The molecule has 0 fully saturated rings. The van der Waals surface area contributed by atoms with Crippen LogP contribution in [0, 0.1) is 0 Å². The molecule has 6 nitrogen and oxygen atoms in total. The quantitative estimate of drug-likeness (QED) is 0.521. The minimum atomic E-state index is -0.306. The molecule has 0 saturated carbocycles. The van der Waals surface area contributed by atoms with E-state index in [0.29, 0.717) is 19.7 Å². The molecule has 98 valence electrons. The average Bonchev–Trinajstić information content (AvgIpc) is 2.38. The lowest BCUT2D eigenvalue weighted by Crippen LogP contribution is -2.33. The zero-order chi connectivity index (χ0) is 13.2. The molecule has 0 spiro atoms. The number of nitrogens with zero attached hydrogens (tertiary/aromatic N) is 1. The van der Waals surface area contributed by atoms with Crippen molar-refractivity contribution in [2.75, 3.05) is 20.3 Å². The third-order valence-electron chi connectivity index (χ3n) is 2.19. The van der Waals surface area contributed by atoms with Gasteiger partial charge >= 0.3 is 0 Å². The smallest absolute Gasteiger partial charge is 0.229 e. The van der Waals surface area contributed by atoms with Gasteiger partial charge in [0.05, 0.1) is 6.61 Å². The van der Waals surface area contributed by atoms with Gasteiger partial charge in [-0.15, -0.1) is 0 Å². The summed E-state index contributed by atoms with van der Waals surface area (Å²) < 4.78 is 4.78. The zero-order valence-corrected chi connectivity index (χ0v) is 10.3. The molecular weight excluding hydrogens is 234 g/mol. The summed E-state index contributed by atoms with van der Waals surface area (Å²) >= 11 is 0. The topological polar surface area (TPSA) is 80.3 Å². The lowest BCUT2D eigenvalue weighted by molar-refractivity contribution is -0.129. The molecule has 0 aliphatic carbocycles. The minimum absolute atomic E-state index is 0.172. The van der Waals surface area contributed by atoms with E-state index < -0.39 is 0 Å². The van der Waals surface area contributed by atoms with E-state index in [4.69, 9.17) is 4.74 Å². The number of ether oxygens (including phenoxy) is 1. The monoisotopic (exact) mass is 251 g/mol. The van der Waals surface area contributed by atoms with Crippen LogP contribution in [0.25, 0.3) is 0 Å². The maximum Gasteiger partial charge on any atom is 0.229 e. The van der Waals surface area contributed by atoms with E-state index >= 15 is 0 Å². The van der Waals surface area contributed by atoms with E-state index in [2.05, 4.69) is 15.6 Å². The Morgan fingerprint density at radius 2 is 1.89 bits per heavy atom. The van der Waals surface area contributed by atoms with Crippen LogP contribution >= 0.6 is 0 Å². The Hall–Kier alpha value is -1.95.